The van der Waals surface area contributed by atoms with E-state index in [0.717, 1.165) is 20.7 Å². The minimum Gasteiger partial charge on any atom is -0.330 e. The number of hydrogen-bond donors (Lipinski definition) is 1. The molecule has 0 saturated carbocycles. The molecule has 6 heteroatoms. The number of aromatic nitrogens is 2. The third kappa shape index (κ3) is 4.21. The lowest BCUT2D eigenvalue weighted by Crippen LogP contribution is -2.01. The number of carbonyl (C=O) groups excluding carboxylic acids is 1. The number of aryl methyl sites for hydroxylation is 2. The lowest BCUT2D eigenvalue weighted by atomic mass is 10.1. The van der Waals surface area contributed by atoms with Crippen LogP contribution in [0, 0.1) is 13.8 Å². The molecule has 0 amide bonds. The summed E-state index contributed by atoms with van der Waals surface area (Å²) in [6, 6.07) is 15.5. The first-order chi connectivity index (χ1) is 11.6. The van der Waals surface area contributed by atoms with Crippen molar-refractivity contribution in [1.82, 2.24) is 10.2 Å². The van der Waals surface area contributed by atoms with Gasteiger partial charge in [-0.3, -0.25) is 4.79 Å². The average molecular weight is 355 g/mol. The van der Waals surface area contributed by atoms with Crippen molar-refractivity contribution in [3.63, 3.8) is 0 Å². The normalized spacial score (nSPS) is 10.6. The molecule has 1 aromatic heterocycles. The molecule has 0 unspecified atom stereocenters. The molecule has 1 heterocycles. The van der Waals surface area contributed by atoms with Gasteiger partial charge in [-0.2, -0.15) is 0 Å². The Balaban J connectivity index is 1.59. The summed E-state index contributed by atoms with van der Waals surface area (Å²) in [6.45, 7) is 4.17. The topological polar surface area (TPSA) is 54.9 Å². The Morgan fingerprint density at radius 2 is 1.88 bits per heavy atom. The molecule has 24 heavy (non-hydrogen) atoms. The van der Waals surface area contributed by atoms with Crippen LogP contribution < -0.4 is 5.32 Å². The van der Waals surface area contributed by atoms with Gasteiger partial charge in [-0.15, -0.1) is 10.2 Å². The SMILES string of the molecule is Cc1ccc(Nc2nnc(SCC(=O)c3ccccc3)s2)cc1C. The van der Waals surface area contributed by atoms with Crippen molar-refractivity contribution in [2.75, 3.05) is 11.1 Å². The van der Waals surface area contributed by atoms with Crippen molar-refractivity contribution in [1.29, 1.82) is 0 Å². The van der Waals surface area contributed by atoms with Crippen LogP contribution in [0.3, 0.4) is 0 Å². The maximum Gasteiger partial charge on any atom is 0.210 e. The third-order valence-corrected chi connectivity index (χ3v) is 5.56. The van der Waals surface area contributed by atoms with Crippen LogP contribution in [0.2, 0.25) is 0 Å². The predicted octanol–water partition coefficient (Wildman–Crippen LogP) is 4.87. The number of nitrogens with one attached hydrogen (secondary N) is 1. The Labute approximate surface area is 149 Å². The van der Waals surface area contributed by atoms with Crippen LogP contribution in [0.4, 0.5) is 10.8 Å². The fraction of sp³-hybridized carbons (Fsp3) is 0.167. The minimum absolute atomic E-state index is 0.0967. The van der Waals surface area contributed by atoms with E-state index >= 15 is 0 Å². The number of nitrogens with zero attached hydrogens (tertiary/aromatic N) is 2. The summed E-state index contributed by atoms with van der Waals surface area (Å²) in [4.78, 5) is 12.1. The lowest BCUT2D eigenvalue weighted by Gasteiger charge is -2.05. The molecule has 1 N–H and O–H groups in total. The zero-order chi connectivity index (χ0) is 16.9. The number of rotatable bonds is 6. The zero-order valence-electron chi connectivity index (χ0n) is 13.4. The number of Topliss-reactive ketones (excluding diaryl/α,β-unsaturated/α-hetero) is 1. The van der Waals surface area contributed by atoms with Gasteiger partial charge in [0.1, 0.15) is 0 Å². The van der Waals surface area contributed by atoms with Gasteiger partial charge in [0, 0.05) is 11.3 Å². The fourth-order valence-electron chi connectivity index (χ4n) is 2.10. The van der Waals surface area contributed by atoms with Crippen molar-refractivity contribution in [2.24, 2.45) is 0 Å². The molecule has 0 spiro atoms. The van der Waals surface area contributed by atoms with E-state index in [0.29, 0.717) is 5.75 Å². The quantitative estimate of drug-likeness (QED) is 0.505. The first-order valence-corrected chi connectivity index (χ1v) is 9.31. The van der Waals surface area contributed by atoms with Gasteiger partial charge >= 0.3 is 0 Å². The first kappa shape index (κ1) is 16.7. The minimum atomic E-state index is 0.0967. The summed E-state index contributed by atoms with van der Waals surface area (Å²) >= 11 is 2.87. The number of carbonyl (C=O) groups is 1. The van der Waals surface area contributed by atoms with Gasteiger partial charge < -0.3 is 5.32 Å². The summed E-state index contributed by atoms with van der Waals surface area (Å²) in [5.74, 6) is 0.460. The van der Waals surface area contributed by atoms with E-state index < -0.39 is 0 Å². The fourth-order valence-corrected chi connectivity index (χ4v) is 3.76. The summed E-state index contributed by atoms with van der Waals surface area (Å²) in [5.41, 5.74) is 4.20. The third-order valence-electron chi connectivity index (χ3n) is 3.59. The largest absolute Gasteiger partial charge is 0.330 e. The molecule has 0 saturated heterocycles. The monoisotopic (exact) mass is 355 g/mol. The maximum absolute atomic E-state index is 12.1. The van der Waals surface area contributed by atoms with Crippen LogP contribution >= 0.6 is 23.1 Å². The van der Waals surface area contributed by atoms with Crippen molar-refractivity contribution >= 4 is 39.7 Å². The van der Waals surface area contributed by atoms with Crippen LogP contribution in [0.25, 0.3) is 0 Å². The summed E-state index contributed by atoms with van der Waals surface area (Å²) in [7, 11) is 0. The summed E-state index contributed by atoms with van der Waals surface area (Å²) in [6.07, 6.45) is 0. The summed E-state index contributed by atoms with van der Waals surface area (Å²) < 4.78 is 0.783. The van der Waals surface area contributed by atoms with Crippen LogP contribution in [-0.4, -0.2) is 21.7 Å². The van der Waals surface area contributed by atoms with Crippen LogP contribution in [0.1, 0.15) is 21.5 Å². The van der Waals surface area contributed by atoms with Gasteiger partial charge in [0.2, 0.25) is 5.13 Å². The van der Waals surface area contributed by atoms with Gasteiger partial charge in [0.15, 0.2) is 10.1 Å². The highest BCUT2D eigenvalue weighted by Gasteiger charge is 2.10. The van der Waals surface area contributed by atoms with Crippen LogP contribution in [0.5, 0.6) is 0 Å². The molecular weight excluding hydrogens is 338 g/mol. The van der Waals surface area contributed by atoms with Crippen molar-refractivity contribution in [3.8, 4) is 0 Å². The van der Waals surface area contributed by atoms with Crippen molar-refractivity contribution in [3.05, 3.63) is 65.2 Å². The molecule has 3 aromatic rings. The van der Waals surface area contributed by atoms with Gasteiger partial charge in [-0.1, -0.05) is 59.5 Å². The molecule has 0 fully saturated rings. The lowest BCUT2D eigenvalue weighted by molar-refractivity contribution is 0.102. The molecule has 122 valence electrons. The Morgan fingerprint density at radius 3 is 2.62 bits per heavy atom. The molecule has 3 rings (SSSR count). The number of ketones is 1. The van der Waals surface area contributed by atoms with Crippen molar-refractivity contribution < 1.29 is 4.79 Å². The van der Waals surface area contributed by atoms with Gasteiger partial charge in [-0.25, -0.2) is 0 Å². The Morgan fingerprint density at radius 1 is 1.08 bits per heavy atom. The van der Waals surface area contributed by atoms with E-state index in [9.17, 15) is 4.79 Å². The highest BCUT2D eigenvalue weighted by Crippen LogP contribution is 2.28. The van der Waals surface area contributed by atoms with E-state index in [-0.39, 0.29) is 5.78 Å². The second kappa shape index (κ2) is 7.59. The smallest absolute Gasteiger partial charge is 0.210 e. The van der Waals surface area contributed by atoms with Crippen LogP contribution in [-0.2, 0) is 0 Å². The van der Waals surface area contributed by atoms with Crippen molar-refractivity contribution in [2.45, 2.75) is 18.2 Å². The van der Waals surface area contributed by atoms with E-state index in [4.69, 9.17) is 0 Å². The van der Waals surface area contributed by atoms with Gasteiger partial charge in [0.25, 0.3) is 0 Å². The van der Waals surface area contributed by atoms with E-state index in [2.05, 4.69) is 41.5 Å². The highest BCUT2D eigenvalue weighted by atomic mass is 32.2. The molecule has 4 nitrogen and oxygen atoms in total. The zero-order valence-corrected chi connectivity index (χ0v) is 15.1. The van der Waals surface area contributed by atoms with E-state index in [1.807, 2.05) is 36.4 Å². The number of benzene rings is 2. The first-order valence-electron chi connectivity index (χ1n) is 7.50. The highest BCUT2D eigenvalue weighted by molar-refractivity contribution is 8.01. The number of thioether (sulfide) groups is 1. The molecular formula is C18H17N3OS2. The molecule has 0 radical (unpaired) electrons. The number of anilines is 2. The standard InChI is InChI=1S/C18H17N3OS2/c1-12-8-9-15(10-13(12)2)19-17-20-21-18(24-17)23-11-16(22)14-6-4-3-5-7-14/h3-10H,11H2,1-2H3,(H,19,20). The Kier molecular flexibility index (Phi) is 5.27. The summed E-state index contributed by atoms with van der Waals surface area (Å²) in [5, 5.41) is 12.3. The second-order valence-corrected chi connectivity index (χ2v) is 7.58. The number of hydrogen-bond acceptors (Lipinski definition) is 6. The Bertz CT molecular complexity index is 846. The molecule has 0 aliphatic heterocycles. The predicted molar refractivity (Wildman–Crippen MR) is 101 cm³/mol. The second-order valence-electron chi connectivity index (χ2n) is 5.38. The molecule has 0 atom stereocenters. The van der Waals surface area contributed by atoms with E-state index in [1.54, 1.807) is 0 Å². The molecule has 0 bridgehead atoms. The Hall–Kier alpha value is -2.18. The maximum atomic E-state index is 12.1. The van der Waals surface area contributed by atoms with Crippen LogP contribution in [0.15, 0.2) is 52.9 Å². The van der Waals surface area contributed by atoms with Gasteiger partial charge in [-0.05, 0) is 37.1 Å². The molecule has 0 aliphatic carbocycles. The molecule has 2 aromatic carbocycles. The van der Waals surface area contributed by atoms with Gasteiger partial charge in [0.05, 0.1) is 5.75 Å². The molecule has 0 aliphatic rings. The average Bonchev–Trinajstić information content (AvgIpc) is 3.04. The van der Waals surface area contributed by atoms with E-state index in [1.165, 1.54) is 34.2 Å².